The Kier molecular flexibility index (Phi) is 4.70. The molecule has 2 saturated heterocycles. The molecule has 0 radical (unpaired) electrons. The molecule has 7 heteroatoms. The molecule has 27 heavy (non-hydrogen) atoms. The van der Waals surface area contributed by atoms with E-state index in [0.717, 1.165) is 37.9 Å². The van der Waals surface area contributed by atoms with E-state index in [4.69, 9.17) is 4.42 Å². The average Bonchev–Trinajstić information content (AvgIpc) is 3.29. The van der Waals surface area contributed by atoms with E-state index < -0.39 is 5.97 Å². The summed E-state index contributed by atoms with van der Waals surface area (Å²) in [5.41, 5.74) is 1.15. The number of rotatable bonds is 4. The molecule has 2 aromatic rings. The van der Waals surface area contributed by atoms with Gasteiger partial charge in [0.15, 0.2) is 5.69 Å². The third kappa shape index (κ3) is 3.60. The molecule has 1 aromatic heterocycles. The Hall–Kier alpha value is -2.67. The first kappa shape index (κ1) is 17.7. The molecule has 7 nitrogen and oxygen atoms in total. The topological polar surface area (TPSA) is 84.7 Å². The molecule has 1 spiro atoms. The monoisotopic (exact) mass is 369 g/mol. The molecule has 0 unspecified atom stereocenters. The lowest BCUT2D eigenvalue weighted by molar-refractivity contribution is -0.121. The highest BCUT2D eigenvalue weighted by Gasteiger charge is 2.46. The molecule has 1 atom stereocenters. The average molecular weight is 369 g/mol. The van der Waals surface area contributed by atoms with Crippen LogP contribution in [0.15, 0.2) is 41.0 Å². The van der Waals surface area contributed by atoms with E-state index in [1.165, 1.54) is 13.4 Å². The Labute approximate surface area is 157 Å². The number of amides is 1. The first-order valence-corrected chi connectivity index (χ1v) is 9.21. The molecule has 1 amide bonds. The minimum Gasteiger partial charge on any atom is -0.464 e. The summed E-state index contributed by atoms with van der Waals surface area (Å²) >= 11 is 0. The summed E-state index contributed by atoms with van der Waals surface area (Å²) in [5, 5.41) is 3.26. The number of ether oxygens (including phenoxy) is 1. The van der Waals surface area contributed by atoms with Gasteiger partial charge in [-0.05, 0) is 24.8 Å². The summed E-state index contributed by atoms with van der Waals surface area (Å²) in [6.07, 6.45) is 3.96. The van der Waals surface area contributed by atoms with Crippen molar-refractivity contribution in [2.24, 2.45) is 0 Å². The van der Waals surface area contributed by atoms with Crippen molar-refractivity contribution in [3.63, 3.8) is 0 Å². The zero-order valence-electron chi connectivity index (χ0n) is 15.3. The van der Waals surface area contributed by atoms with Gasteiger partial charge >= 0.3 is 5.97 Å². The van der Waals surface area contributed by atoms with Gasteiger partial charge in [-0.2, -0.15) is 0 Å². The van der Waals surface area contributed by atoms with Gasteiger partial charge in [-0.3, -0.25) is 9.69 Å². The smallest absolute Gasteiger partial charge is 0.360 e. The lowest BCUT2D eigenvalue weighted by Crippen LogP contribution is -2.50. The minimum atomic E-state index is -0.497. The molecule has 142 valence electrons. The van der Waals surface area contributed by atoms with Gasteiger partial charge in [0.05, 0.1) is 19.6 Å². The van der Waals surface area contributed by atoms with Crippen molar-refractivity contribution in [3.8, 4) is 0 Å². The van der Waals surface area contributed by atoms with E-state index in [2.05, 4.69) is 19.9 Å². The second kappa shape index (κ2) is 7.15. The number of carbonyl (C=O) groups excluding carboxylic acids is 2. The third-order valence-corrected chi connectivity index (χ3v) is 5.62. The lowest BCUT2D eigenvalue weighted by atomic mass is 9.82. The highest BCUT2D eigenvalue weighted by Crippen LogP contribution is 2.39. The van der Waals surface area contributed by atoms with Crippen LogP contribution in [0.1, 0.15) is 47.1 Å². The predicted octanol–water partition coefficient (Wildman–Crippen LogP) is 2.10. The molecule has 2 aliphatic heterocycles. The fraction of sp³-hybridized carbons (Fsp3) is 0.450. The summed E-state index contributed by atoms with van der Waals surface area (Å²) in [7, 11) is 1.32. The van der Waals surface area contributed by atoms with Gasteiger partial charge in [0.25, 0.3) is 0 Å². The number of oxazole rings is 1. The van der Waals surface area contributed by atoms with E-state index in [-0.39, 0.29) is 23.1 Å². The number of aromatic nitrogens is 1. The molecule has 2 aliphatic rings. The number of nitrogens with one attached hydrogen (secondary N) is 1. The van der Waals surface area contributed by atoms with Crippen LogP contribution in [0.5, 0.6) is 0 Å². The number of piperidine rings is 1. The Morgan fingerprint density at radius 2 is 2.07 bits per heavy atom. The van der Waals surface area contributed by atoms with Crippen molar-refractivity contribution in [2.45, 2.75) is 37.3 Å². The first-order chi connectivity index (χ1) is 13.1. The number of benzene rings is 1. The van der Waals surface area contributed by atoms with Crippen LogP contribution in [0.25, 0.3) is 0 Å². The van der Waals surface area contributed by atoms with Gasteiger partial charge in [-0.15, -0.1) is 0 Å². The number of carbonyl (C=O) groups is 2. The van der Waals surface area contributed by atoms with E-state index in [0.29, 0.717) is 12.4 Å². The zero-order chi connectivity index (χ0) is 18.9. The van der Waals surface area contributed by atoms with Crippen molar-refractivity contribution in [1.82, 2.24) is 15.2 Å². The summed E-state index contributed by atoms with van der Waals surface area (Å²) < 4.78 is 10.0. The normalized spacial score (nSPS) is 22.0. The maximum Gasteiger partial charge on any atom is 0.360 e. The van der Waals surface area contributed by atoms with Crippen LogP contribution in [0, 0.1) is 0 Å². The van der Waals surface area contributed by atoms with Gasteiger partial charge < -0.3 is 14.5 Å². The summed E-state index contributed by atoms with van der Waals surface area (Å²) in [5.74, 6) is 0.0735. The highest BCUT2D eigenvalue weighted by atomic mass is 16.5. The first-order valence-electron chi connectivity index (χ1n) is 9.21. The molecule has 0 aliphatic carbocycles. The van der Waals surface area contributed by atoms with Gasteiger partial charge in [0.2, 0.25) is 11.8 Å². The van der Waals surface area contributed by atoms with Crippen LogP contribution in [0.3, 0.4) is 0 Å². The predicted molar refractivity (Wildman–Crippen MR) is 97.0 cm³/mol. The zero-order valence-corrected chi connectivity index (χ0v) is 15.3. The maximum atomic E-state index is 12.5. The summed E-state index contributed by atoms with van der Waals surface area (Å²) in [6.45, 7) is 2.23. The number of hydrogen-bond donors (Lipinski definition) is 1. The summed E-state index contributed by atoms with van der Waals surface area (Å²) in [6, 6.07) is 9.99. The molecule has 1 aromatic carbocycles. The molecular weight excluding hydrogens is 346 g/mol. The Bertz CT molecular complexity index is 825. The van der Waals surface area contributed by atoms with Gasteiger partial charge in [-0.25, -0.2) is 9.78 Å². The molecule has 0 saturated carbocycles. The SMILES string of the molecule is COC(=O)c1coc(CN2CCC3(CC2)C[C@H](c2ccccc2)C(=O)N3)n1. The van der Waals surface area contributed by atoms with Gasteiger partial charge in [0, 0.05) is 18.6 Å². The molecule has 0 bridgehead atoms. The fourth-order valence-corrected chi connectivity index (χ4v) is 4.08. The van der Waals surface area contributed by atoms with Crippen LogP contribution in [0.4, 0.5) is 0 Å². The van der Waals surface area contributed by atoms with Crippen LogP contribution in [-0.2, 0) is 16.1 Å². The molecule has 1 N–H and O–H groups in total. The fourth-order valence-electron chi connectivity index (χ4n) is 4.08. The second-order valence-corrected chi connectivity index (χ2v) is 7.33. The Balaban J connectivity index is 1.36. The van der Waals surface area contributed by atoms with Crippen LogP contribution in [-0.4, -0.2) is 47.5 Å². The molecule has 2 fully saturated rings. The van der Waals surface area contributed by atoms with Crippen LogP contribution >= 0.6 is 0 Å². The number of methoxy groups -OCH3 is 1. The van der Waals surface area contributed by atoms with E-state index in [1.54, 1.807) is 0 Å². The van der Waals surface area contributed by atoms with Crippen LogP contribution < -0.4 is 5.32 Å². The number of likely N-dealkylation sites (tertiary alicyclic amines) is 1. The minimum absolute atomic E-state index is 0.0629. The third-order valence-electron chi connectivity index (χ3n) is 5.62. The van der Waals surface area contributed by atoms with E-state index in [9.17, 15) is 9.59 Å². The van der Waals surface area contributed by atoms with Crippen molar-refractivity contribution in [2.75, 3.05) is 20.2 Å². The standard InChI is InChI=1S/C20H23N3O4/c1-26-19(25)16-13-27-17(21-16)12-23-9-7-20(8-10-23)11-15(18(24)22-20)14-5-3-2-4-6-14/h2-6,13,15H,7-12H2,1H3,(H,22,24)/t15-/m1/s1. The second-order valence-electron chi connectivity index (χ2n) is 7.33. The molecule has 3 heterocycles. The highest BCUT2D eigenvalue weighted by molar-refractivity contribution is 5.87. The molecule has 4 rings (SSSR count). The Morgan fingerprint density at radius 1 is 1.33 bits per heavy atom. The van der Waals surface area contributed by atoms with E-state index in [1.807, 2.05) is 30.3 Å². The largest absolute Gasteiger partial charge is 0.464 e. The summed E-state index contributed by atoms with van der Waals surface area (Å²) in [4.78, 5) is 30.4. The number of hydrogen-bond acceptors (Lipinski definition) is 6. The van der Waals surface area contributed by atoms with Gasteiger partial charge in [-0.1, -0.05) is 30.3 Å². The van der Waals surface area contributed by atoms with Crippen molar-refractivity contribution in [3.05, 3.63) is 53.7 Å². The lowest BCUT2D eigenvalue weighted by Gasteiger charge is -2.38. The maximum absolute atomic E-state index is 12.5. The van der Waals surface area contributed by atoms with Crippen molar-refractivity contribution >= 4 is 11.9 Å². The molecular formula is C20H23N3O4. The van der Waals surface area contributed by atoms with Crippen LogP contribution in [0.2, 0.25) is 0 Å². The Morgan fingerprint density at radius 3 is 2.78 bits per heavy atom. The van der Waals surface area contributed by atoms with Gasteiger partial charge in [0.1, 0.15) is 6.26 Å². The number of nitrogens with zero attached hydrogens (tertiary/aromatic N) is 2. The number of esters is 1. The quantitative estimate of drug-likeness (QED) is 0.831. The van der Waals surface area contributed by atoms with Crippen molar-refractivity contribution in [1.29, 1.82) is 0 Å². The van der Waals surface area contributed by atoms with E-state index >= 15 is 0 Å². The van der Waals surface area contributed by atoms with Crippen molar-refractivity contribution < 1.29 is 18.7 Å².